The van der Waals surface area contributed by atoms with Gasteiger partial charge in [-0.25, -0.2) is 4.52 Å². The van der Waals surface area contributed by atoms with Crippen LogP contribution in [0.25, 0.3) is 5.52 Å². The summed E-state index contributed by atoms with van der Waals surface area (Å²) in [5, 5.41) is 26.2. The van der Waals surface area contributed by atoms with Crippen molar-refractivity contribution in [3.05, 3.63) is 34.5 Å². The second-order valence-electron chi connectivity index (χ2n) is 3.79. The Morgan fingerprint density at radius 1 is 1.59 bits per heavy atom. The van der Waals surface area contributed by atoms with E-state index in [1.54, 1.807) is 7.05 Å². The van der Waals surface area contributed by atoms with Gasteiger partial charge in [0.1, 0.15) is 17.9 Å². The molecule has 2 unspecified atom stereocenters. The van der Waals surface area contributed by atoms with E-state index in [1.165, 1.54) is 23.1 Å². The van der Waals surface area contributed by atoms with Gasteiger partial charge in [-0.3, -0.25) is 4.79 Å². The third-order valence-corrected chi connectivity index (χ3v) is 2.55. The molecule has 0 amide bonds. The topological polar surface area (TPSA) is 103 Å². The summed E-state index contributed by atoms with van der Waals surface area (Å²) < 4.78 is 1.36. The van der Waals surface area contributed by atoms with E-state index < -0.39 is 12.2 Å². The SMILES string of the molecule is CNCC(O)C(O)c1cc2c(=O)[nH]cnn2c1. The van der Waals surface area contributed by atoms with Crippen molar-refractivity contribution in [2.45, 2.75) is 12.2 Å². The maximum absolute atomic E-state index is 11.4. The number of rotatable bonds is 4. The number of hydrogen-bond donors (Lipinski definition) is 4. The summed E-state index contributed by atoms with van der Waals surface area (Å²) in [6.45, 7) is 0.261. The number of nitrogens with one attached hydrogen (secondary N) is 2. The van der Waals surface area contributed by atoms with E-state index >= 15 is 0 Å². The summed E-state index contributed by atoms with van der Waals surface area (Å²) in [4.78, 5) is 13.9. The number of fused-ring (bicyclic) bond motifs is 1. The van der Waals surface area contributed by atoms with Gasteiger partial charge in [0.25, 0.3) is 5.56 Å². The largest absolute Gasteiger partial charge is 0.389 e. The highest BCUT2D eigenvalue weighted by molar-refractivity contribution is 5.47. The molecule has 2 aromatic heterocycles. The van der Waals surface area contributed by atoms with Crippen molar-refractivity contribution in [2.75, 3.05) is 13.6 Å². The van der Waals surface area contributed by atoms with Crippen LogP contribution < -0.4 is 10.9 Å². The number of hydrogen-bond acceptors (Lipinski definition) is 5. The molecule has 2 rings (SSSR count). The Labute approximate surface area is 96.7 Å². The standard InChI is InChI=1S/C10H14N4O3/c1-11-3-8(15)9(16)6-2-7-10(17)12-5-13-14(7)4-6/h2,4-5,8-9,11,15-16H,3H2,1H3,(H,12,13,17). The number of aromatic nitrogens is 3. The number of aromatic amines is 1. The van der Waals surface area contributed by atoms with E-state index in [0.29, 0.717) is 11.1 Å². The number of aliphatic hydroxyl groups excluding tert-OH is 2. The summed E-state index contributed by atoms with van der Waals surface area (Å²) >= 11 is 0. The Morgan fingerprint density at radius 2 is 2.35 bits per heavy atom. The van der Waals surface area contributed by atoms with Crippen molar-refractivity contribution >= 4 is 5.52 Å². The number of nitrogens with zero attached hydrogens (tertiary/aromatic N) is 2. The predicted molar refractivity (Wildman–Crippen MR) is 60.7 cm³/mol. The fraction of sp³-hybridized carbons (Fsp3) is 0.400. The molecule has 0 fully saturated rings. The first kappa shape index (κ1) is 11.8. The first-order chi connectivity index (χ1) is 8.13. The van der Waals surface area contributed by atoms with Crippen molar-refractivity contribution in [2.24, 2.45) is 0 Å². The Balaban J connectivity index is 2.36. The third kappa shape index (κ3) is 2.21. The van der Waals surface area contributed by atoms with Crippen molar-refractivity contribution in [3.63, 3.8) is 0 Å². The molecule has 0 aliphatic rings. The molecule has 7 nitrogen and oxygen atoms in total. The molecular weight excluding hydrogens is 224 g/mol. The average molecular weight is 238 g/mol. The third-order valence-electron chi connectivity index (χ3n) is 2.55. The molecule has 4 N–H and O–H groups in total. The minimum Gasteiger partial charge on any atom is -0.389 e. The van der Waals surface area contributed by atoms with Crippen molar-refractivity contribution in [1.82, 2.24) is 19.9 Å². The van der Waals surface area contributed by atoms with Crippen LogP contribution >= 0.6 is 0 Å². The molecule has 0 aromatic carbocycles. The summed E-state index contributed by atoms with van der Waals surface area (Å²) in [6, 6.07) is 1.51. The van der Waals surface area contributed by atoms with E-state index in [2.05, 4.69) is 15.4 Å². The zero-order chi connectivity index (χ0) is 12.4. The molecule has 2 aromatic rings. The highest BCUT2D eigenvalue weighted by Crippen LogP contribution is 2.18. The second-order valence-corrected chi connectivity index (χ2v) is 3.79. The molecule has 92 valence electrons. The lowest BCUT2D eigenvalue weighted by Gasteiger charge is -2.15. The molecule has 2 atom stereocenters. The first-order valence-electron chi connectivity index (χ1n) is 5.20. The Kier molecular flexibility index (Phi) is 3.23. The molecule has 7 heteroatoms. The van der Waals surface area contributed by atoms with Gasteiger partial charge in [-0.05, 0) is 13.1 Å². The monoisotopic (exact) mass is 238 g/mol. The van der Waals surface area contributed by atoms with Gasteiger partial charge in [0.2, 0.25) is 0 Å². The summed E-state index contributed by atoms with van der Waals surface area (Å²) in [5.74, 6) is 0. The fourth-order valence-corrected chi connectivity index (χ4v) is 1.67. The normalized spacial score (nSPS) is 15.0. The summed E-state index contributed by atoms with van der Waals surface area (Å²) in [7, 11) is 1.68. The van der Waals surface area contributed by atoms with Crippen molar-refractivity contribution < 1.29 is 10.2 Å². The molecule has 0 saturated carbocycles. The van der Waals surface area contributed by atoms with E-state index in [0.717, 1.165) is 0 Å². The van der Waals surface area contributed by atoms with Gasteiger partial charge in [-0.2, -0.15) is 5.10 Å². The molecule has 0 spiro atoms. The van der Waals surface area contributed by atoms with Gasteiger partial charge < -0.3 is 20.5 Å². The molecule has 17 heavy (non-hydrogen) atoms. The minimum atomic E-state index is -1.05. The van der Waals surface area contributed by atoms with Crippen LogP contribution in [0.2, 0.25) is 0 Å². The van der Waals surface area contributed by atoms with Crippen LogP contribution in [0.3, 0.4) is 0 Å². The van der Waals surface area contributed by atoms with E-state index in [-0.39, 0.29) is 12.1 Å². The summed E-state index contributed by atoms with van der Waals surface area (Å²) in [5.41, 5.74) is 0.497. The van der Waals surface area contributed by atoms with Gasteiger partial charge >= 0.3 is 0 Å². The zero-order valence-electron chi connectivity index (χ0n) is 9.29. The van der Waals surface area contributed by atoms with Crippen LogP contribution in [-0.4, -0.2) is 44.5 Å². The fourth-order valence-electron chi connectivity index (χ4n) is 1.67. The van der Waals surface area contributed by atoms with E-state index in [9.17, 15) is 15.0 Å². The van der Waals surface area contributed by atoms with Crippen LogP contribution in [0.5, 0.6) is 0 Å². The number of likely N-dealkylation sites (N-methyl/N-ethyl adjacent to an activating group) is 1. The van der Waals surface area contributed by atoms with Crippen molar-refractivity contribution in [1.29, 1.82) is 0 Å². The van der Waals surface area contributed by atoms with Crippen LogP contribution in [0.4, 0.5) is 0 Å². The van der Waals surface area contributed by atoms with Gasteiger partial charge in [0.05, 0.1) is 6.10 Å². The van der Waals surface area contributed by atoms with Crippen LogP contribution in [-0.2, 0) is 0 Å². The lowest BCUT2D eigenvalue weighted by atomic mass is 10.1. The molecule has 0 bridgehead atoms. The first-order valence-corrected chi connectivity index (χ1v) is 5.20. The predicted octanol–water partition coefficient (Wildman–Crippen LogP) is -1.36. The lowest BCUT2D eigenvalue weighted by molar-refractivity contribution is 0.0203. The molecular formula is C10H14N4O3. The quantitative estimate of drug-likeness (QED) is 0.526. The molecule has 0 aliphatic carbocycles. The minimum absolute atomic E-state index is 0.261. The van der Waals surface area contributed by atoms with Gasteiger partial charge in [-0.1, -0.05) is 0 Å². The lowest BCUT2D eigenvalue weighted by Crippen LogP contribution is -2.29. The molecule has 0 saturated heterocycles. The Morgan fingerprint density at radius 3 is 3.00 bits per heavy atom. The maximum Gasteiger partial charge on any atom is 0.275 e. The van der Waals surface area contributed by atoms with Crippen LogP contribution in [0, 0.1) is 0 Å². The second kappa shape index (κ2) is 4.66. The van der Waals surface area contributed by atoms with Crippen LogP contribution in [0.1, 0.15) is 11.7 Å². The van der Waals surface area contributed by atoms with Gasteiger partial charge in [0.15, 0.2) is 0 Å². The number of aliphatic hydroxyl groups is 2. The van der Waals surface area contributed by atoms with Gasteiger partial charge in [-0.15, -0.1) is 0 Å². The highest BCUT2D eigenvalue weighted by Gasteiger charge is 2.19. The van der Waals surface area contributed by atoms with Crippen LogP contribution in [0.15, 0.2) is 23.4 Å². The Hall–Kier alpha value is -1.70. The van der Waals surface area contributed by atoms with Crippen molar-refractivity contribution in [3.8, 4) is 0 Å². The molecule has 2 heterocycles. The zero-order valence-corrected chi connectivity index (χ0v) is 9.29. The Bertz CT molecular complexity index is 562. The smallest absolute Gasteiger partial charge is 0.275 e. The summed E-state index contributed by atoms with van der Waals surface area (Å²) in [6.07, 6.45) is 0.809. The highest BCUT2D eigenvalue weighted by atomic mass is 16.3. The van der Waals surface area contributed by atoms with Gasteiger partial charge in [0, 0.05) is 18.3 Å². The maximum atomic E-state index is 11.4. The molecule has 0 radical (unpaired) electrons. The average Bonchev–Trinajstić information content (AvgIpc) is 2.73. The van der Waals surface area contributed by atoms with E-state index in [4.69, 9.17) is 0 Å². The van der Waals surface area contributed by atoms with E-state index in [1.807, 2.05) is 0 Å². The molecule has 0 aliphatic heterocycles. The number of H-pyrrole nitrogens is 1.